The lowest BCUT2D eigenvalue weighted by atomic mass is 10.1. The number of aromatic nitrogens is 1. The number of carbonyl (C=O) groups is 1. The highest BCUT2D eigenvalue weighted by atomic mass is 16.2. The van der Waals surface area contributed by atoms with Crippen molar-refractivity contribution in [2.75, 3.05) is 0 Å². The Hall–Kier alpha value is -2.16. The lowest BCUT2D eigenvalue weighted by Crippen LogP contribution is -2.37. The molecule has 0 aliphatic heterocycles. The summed E-state index contributed by atoms with van der Waals surface area (Å²) in [6, 6.07) is 14.0. The maximum atomic E-state index is 12.7. The summed E-state index contributed by atoms with van der Waals surface area (Å²) >= 11 is 0. The van der Waals surface area contributed by atoms with Crippen molar-refractivity contribution in [1.29, 1.82) is 0 Å². The van der Waals surface area contributed by atoms with Crippen LogP contribution in [-0.4, -0.2) is 21.8 Å². The zero-order valence-electron chi connectivity index (χ0n) is 12.9. The SMILES string of the molecule is CCC(C)N(Cc1ccccc1)C(=O)c1ccc(C)nc1. The fraction of sp³-hybridized carbons (Fsp3) is 0.333. The Balaban J connectivity index is 2.23. The van der Waals surface area contributed by atoms with E-state index >= 15 is 0 Å². The number of nitrogens with zero attached hydrogens (tertiary/aromatic N) is 2. The van der Waals surface area contributed by atoms with Crippen LogP contribution in [-0.2, 0) is 6.54 Å². The molecule has 1 aromatic carbocycles. The number of amides is 1. The highest BCUT2D eigenvalue weighted by molar-refractivity contribution is 5.94. The summed E-state index contributed by atoms with van der Waals surface area (Å²) in [5, 5.41) is 0. The van der Waals surface area contributed by atoms with Gasteiger partial charge in [0.05, 0.1) is 5.56 Å². The van der Waals surface area contributed by atoms with Gasteiger partial charge in [-0.1, -0.05) is 37.3 Å². The predicted molar refractivity (Wildman–Crippen MR) is 85.0 cm³/mol. The molecule has 0 spiro atoms. The molecular weight excluding hydrogens is 260 g/mol. The topological polar surface area (TPSA) is 33.2 Å². The molecule has 0 fully saturated rings. The maximum absolute atomic E-state index is 12.7. The second-order valence-corrected chi connectivity index (χ2v) is 5.36. The zero-order chi connectivity index (χ0) is 15.2. The fourth-order valence-corrected chi connectivity index (χ4v) is 2.19. The Labute approximate surface area is 126 Å². The minimum absolute atomic E-state index is 0.0423. The van der Waals surface area contributed by atoms with Crippen LogP contribution in [0.15, 0.2) is 48.7 Å². The average Bonchev–Trinajstić information content (AvgIpc) is 2.53. The van der Waals surface area contributed by atoms with Crippen molar-refractivity contribution in [1.82, 2.24) is 9.88 Å². The van der Waals surface area contributed by atoms with Crippen LogP contribution in [0.25, 0.3) is 0 Å². The van der Waals surface area contributed by atoms with E-state index < -0.39 is 0 Å². The first-order chi connectivity index (χ1) is 10.1. The van der Waals surface area contributed by atoms with Crippen molar-refractivity contribution >= 4 is 5.91 Å². The minimum atomic E-state index is 0.0423. The average molecular weight is 282 g/mol. The molecule has 2 aromatic rings. The molecule has 1 aromatic heterocycles. The Morgan fingerprint density at radius 3 is 2.48 bits per heavy atom. The molecule has 0 aliphatic carbocycles. The molecule has 3 heteroatoms. The molecule has 0 aliphatic rings. The molecule has 2 rings (SSSR count). The van der Waals surface area contributed by atoms with E-state index in [0.717, 1.165) is 17.7 Å². The van der Waals surface area contributed by atoms with Gasteiger partial charge in [0.1, 0.15) is 0 Å². The summed E-state index contributed by atoms with van der Waals surface area (Å²) in [6.45, 7) is 6.74. The van der Waals surface area contributed by atoms with Crippen molar-refractivity contribution in [2.45, 2.75) is 39.8 Å². The van der Waals surface area contributed by atoms with Crippen molar-refractivity contribution in [3.8, 4) is 0 Å². The van der Waals surface area contributed by atoms with E-state index in [2.05, 4.69) is 31.0 Å². The molecule has 1 amide bonds. The first-order valence-corrected chi connectivity index (χ1v) is 7.39. The molecule has 0 radical (unpaired) electrons. The highest BCUT2D eigenvalue weighted by Crippen LogP contribution is 2.15. The third-order valence-electron chi connectivity index (χ3n) is 3.74. The number of aryl methyl sites for hydroxylation is 1. The summed E-state index contributed by atoms with van der Waals surface area (Å²) in [5.41, 5.74) is 2.72. The van der Waals surface area contributed by atoms with Gasteiger partial charge in [0.2, 0.25) is 0 Å². The standard InChI is InChI=1S/C18H22N2O/c1-4-15(3)20(13-16-8-6-5-7-9-16)18(21)17-11-10-14(2)19-12-17/h5-12,15H,4,13H2,1-3H3. The second-order valence-electron chi connectivity index (χ2n) is 5.36. The van der Waals surface area contributed by atoms with Crippen LogP contribution in [0.5, 0.6) is 0 Å². The molecular formula is C18H22N2O. The smallest absolute Gasteiger partial charge is 0.255 e. The van der Waals surface area contributed by atoms with Gasteiger partial charge in [-0.05, 0) is 38.0 Å². The Morgan fingerprint density at radius 1 is 1.19 bits per heavy atom. The second kappa shape index (κ2) is 7.02. The number of rotatable bonds is 5. The van der Waals surface area contributed by atoms with Crippen molar-refractivity contribution in [3.05, 3.63) is 65.5 Å². The van der Waals surface area contributed by atoms with Crippen LogP contribution >= 0.6 is 0 Å². The number of pyridine rings is 1. The summed E-state index contributed by atoms with van der Waals surface area (Å²) in [4.78, 5) is 18.9. The van der Waals surface area contributed by atoms with Crippen LogP contribution < -0.4 is 0 Å². The lowest BCUT2D eigenvalue weighted by molar-refractivity contribution is 0.0671. The van der Waals surface area contributed by atoms with E-state index in [1.165, 1.54) is 0 Å². The molecule has 3 nitrogen and oxygen atoms in total. The molecule has 1 heterocycles. The third-order valence-corrected chi connectivity index (χ3v) is 3.74. The van der Waals surface area contributed by atoms with Gasteiger partial charge in [0, 0.05) is 24.5 Å². The van der Waals surface area contributed by atoms with Gasteiger partial charge in [-0.25, -0.2) is 0 Å². The third kappa shape index (κ3) is 3.91. The molecule has 1 unspecified atom stereocenters. The lowest BCUT2D eigenvalue weighted by Gasteiger charge is -2.29. The molecule has 0 saturated heterocycles. The Bertz CT molecular complexity index is 578. The van der Waals surface area contributed by atoms with Gasteiger partial charge in [-0.2, -0.15) is 0 Å². The zero-order valence-corrected chi connectivity index (χ0v) is 12.9. The van der Waals surface area contributed by atoms with E-state index in [1.54, 1.807) is 6.20 Å². The van der Waals surface area contributed by atoms with Crippen molar-refractivity contribution in [2.24, 2.45) is 0 Å². The monoisotopic (exact) mass is 282 g/mol. The molecule has 110 valence electrons. The van der Waals surface area contributed by atoms with Crippen molar-refractivity contribution in [3.63, 3.8) is 0 Å². The largest absolute Gasteiger partial charge is 0.332 e. The van der Waals surface area contributed by atoms with Crippen molar-refractivity contribution < 1.29 is 4.79 Å². The van der Waals surface area contributed by atoms with Gasteiger partial charge in [-0.3, -0.25) is 9.78 Å². The van der Waals surface area contributed by atoms with Gasteiger partial charge in [0.25, 0.3) is 5.91 Å². The van der Waals surface area contributed by atoms with E-state index in [1.807, 2.05) is 42.2 Å². The minimum Gasteiger partial charge on any atom is -0.332 e. The van der Waals surface area contributed by atoms with Gasteiger partial charge in [0.15, 0.2) is 0 Å². The number of carbonyl (C=O) groups excluding carboxylic acids is 1. The number of hydrogen-bond donors (Lipinski definition) is 0. The number of hydrogen-bond acceptors (Lipinski definition) is 2. The quantitative estimate of drug-likeness (QED) is 0.835. The predicted octanol–water partition coefficient (Wildman–Crippen LogP) is 3.83. The Kier molecular flexibility index (Phi) is 5.09. The molecule has 0 N–H and O–H groups in total. The van der Waals surface area contributed by atoms with E-state index in [0.29, 0.717) is 12.1 Å². The highest BCUT2D eigenvalue weighted by Gasteiger charge is 2.20. The van der Waals surface area contributed by atoms with Gasteiger partial charge in [-0.15, -0.1) is 0 Å². The van der Waals surface area contributed by atoms with E-state index in [4.69, 9.17) is 0 Å². The summed E-state index contributed by atoms with van der Waals surface area (Å²) in [7, 11) is 0. The van der Waals surface area contributed by atoms with Crippen LogP contribution in [0.1, 0.15) is 41.9 Å². The first kappa shape index (κ1) is 15.2. The van der Waals surface area contributed by atoms with E-state index in [9.17, 15) is 4.79 Å². The van der Waals surface area contributed by atoms with Crippen LogP contribution in [0, 0.1) is 6.92 Å². The van der Waals surface area contributed by atoms with Crippen LogP contribution in [0.4, 0.5) is 0 Å². The maximum Gasteiger partial charge on any atom is 0.255 e. The van der Waals surface area contributed by atoms with Crippen LogP contribution in [0.2, 0.25) is 0 Å². The fourth-order valence-electron chi connectivity index (χ4n) is 2.19. The number of benzene rings is 1. The van der Waals surface area contributed by atoms with Crippen LogP contribution in [0.3, 0.4) is 0 Å². The van der Waals surface area contributed by atoms with Gasteiger partial charge >= 0.3 is 0 Å². The molecule has 1 atom stereocenters. The Morgan fingerprint density at radius 2 is 1.90 bits per heavy atom. The molecule has 21 heavy (non-hydrogen) atoms. The molecule has 0 saturated carbocycles. The molecule has 0 bridgehead atoms. The van der Waals surface area contributed by atoms with E-state index in [-0.39, 0.29) is 11.9 Å². The summed E-state index contributed by atoms with van der Waals surface area (Å²) in [6.07, 6.45) is 2.59. The summed E-state index contributed by atoms with van der Waals surface area (Å²) < 4.78 is 0. The van der Waals surface area contributed by atoms with Gasteiger partial charge < -0.3 is 4.90 Å². The normalized spacial score (nSPS) is 12.0. The first-order valence-electron chi connectivity index (χ1n) is 7.39. The summed E-state index contributed by atoms with van der Waals surface area (Å²) in [5.74, 6) is 0.0423.